The van der Waals surface area contributed by atoms with E-state index in [0.29, 0.717) is 24.1 Å². The third-order valence-corrected chi connectivity index (χ3v) is 5.33. The van der Waals surface area contributed by atoms with Crippen LogP contribution < -0.4 is 16.0 Å². The summed E-state index contributed by atoms with van der Waals surface area (Å²) in [4.78, 5) is 16.8. The summed E-state index contributed by atoms with van der Waals surface area (Å²) in [6, 6.07) is 6.39. The Balaban J connectivity index is 1.54. The number of nitrogens with one attached hydrogen (secondary N) is 3. The van der Waals surface area contributed by atoms with Crippen molar-refractivity contribution in [2.75, 3.05) is 13.1 Å². The molecule has 2 aliphatic rings. The maximum Gasteiger partial charge on any atom is 0.223 e. The van der Waals surface area contributed by atoms with Crippen LogP contribution in [-0.4, -0.2) is 42.1 Å². The summed E-state index contributed by atoms with van der Waals surface area (Å²) >= 11 is 0. The first kappa shape index (κ1) is 20.6. The molecule has 0 aromatic heterocycles. The Labute approximate surface area is 166 Å². The highest BCUT2D eigenvalue weighted by molar-refractivity contribution is 5.81. The molecule has 2 saturated carbocycles. The average molecular weight is 391 g/mol. The summed E-state index contributed by atoms with van der Waals surface area (Å²) in [5.41, 5.74) is 0.635. The fourth-order valence-corrected chi connectivity index (χ4v) is 3.59. The van der Waals surface area contributed by atoms with E-state index < -0.39 is 6.10 Å². The van der Waals surface area contributed by atoms with Crippen molar-refractivity contribution >= 4 is 11.9 Å². The molecular weight excluding hydrogens is 359 g/mol. The zero-order chi connectivity index (χ0) is 19.9. The minimum atomic E-state index is -0.792. The van der Waals surface area contributed by atoms with Gasteiger partial charge in [0, 0.05) is 24.5 Å². The molecule has 7 heteroatoms. The number of carbonyl (C=O) groups is 1. The summed E-state index contributed by atoms with van der Waals surface area (Å²) in [5.74, 6) is 0.547. The second-order valence-corrected chi connectivity index (χ2v) is 7.77. The summed E-state index contributed by atoms with van der Waals surface area (Å²) < 4.78 is 13.0. The normalized spacial score (nSPS) is 23.8. The molecule has 1 aromatic rings. The van der Waals surface area contributed by atoms with Gasteiger partial charge in [0.05, 0.1) is 12.6 Å². The minimum Gasteiger partial charge on any atom is -0.386 e. The first-order valence-electron chi connectivity index (χ1n) is 10.3. The summed E-state index contributed by atoms with van der Waals surface area (Å²) in [7, 11) is 0. The third-order valence-electron chi connectivity index (χ3n) is 5.33. The zero-order valence-electron chi connectivity index (χ0n) is 16.5. The molecule has 154 valence electrons. The monoisotopic (exact) mass is 390 g/mol. The Morgan fingerprint density at radius 3 is 2.61 bits per heavy atom. The molecule has 4 N–H and O–H groups in total. The van der Waals surface area contributed by atoms with Crippen LogP contribution in [0.15, 0.2) is 29.3 Å². The summed E-state index contributed by atoms with van der Waals surface area (Å²) in [6.45, 7) is 2.87. The van der Waals surface area contributed by atoms with Crippen LogP contribution in [0, 0.1) is 11.7 Å². The van der Waals surface area contributed by atoms with Crippen molar-refractivity contribution in [3.8, 4) is 0 Å². The number of guanidine groups is 1. The van der Waals surface area contributed by atoms with E-state index in [0.717, 1.165) is 38.5 Å². The summed E-state index contributed by atoms with van der Waals surface area (Å²) in [6.07, 6.45) is 5.16. The van der Waals surface area contributed by atoms with Crippen LogP contribution in [0.25, 0.3) is 0 Å². The lowest BCUT2D eigenvalue weighted by atomic mass is 9.85. The van der Waals surface area contributed by atoms with Crippen molar-refractivity contribution in [1.82, 2.24) is 16.0 Å². The van der Waals surface area contributed by atoms with Gasteiger partial charge >= 0.3 is 0 Å². The molecule has 0 bridgehead atoms. The number of aliphatic hydroxyl groups is 1. The lowest BCUT2D eigenvalue weighted by molar-refractivity contribution is -0.126. The van der Waals surface area contributed by atoms with Crippen LogP contribution >= 0.6 is 0 Å². The van der Waals surface area contributed by atoms with E-state index in [1.54, 1.807) is 12.1 Å². The van der Waals surface area contributed by atoms with Gasteiger partial charge in [-0.1, -0.05) is 18.6 Å². The van der Waals surface area contributed by atoms with Crippen molar-refractivity contribution in [1.29, 1.82) is 0 Å². The first-order chi connectivity index (χ1) is 13.5. The first-order valence-corrected chi connectivity index (χ1v) is 10.3. The molecule has 3 atom stereocenters. The van der Waals surface area contributed by atoms with E-state index in [1.807, 2.05) is 6.92 Å². The van der Waals surface area contributed by atoms with Crippen molar-refractivity contribution in [3.05, 3.63) is 35.6 Å². The largest absolute Gasteiger partial charge is 0.386 e. The quantitative estimate of drug-likeness (QED) is 0.425. The van der Waals surface area contributed by atoms with Gasteiger partial charge in [-0.25, -0.2) is 4.39 Å². The number of aliphatic imine (C=N–C) groups is 1. The van der Waals surface area contributed by atoms with Crippen LogP contribution in [0.2, 0.25) is 0 Å². The number of rotatable bonds is 7. The van der Waals surface area contributed by atoms with Gasteiger partial charge < -0.3 is 21.1 Å². The molecule has 0 spiro atoms. The Hall–Kier alpha value is -2.15. The topological polar surface area (TPSA) is 85.8 Å². The molecular formula is C21H31FN4O2. The second kappa shape index (κ2) is 9.87. The lowest BCUT2D eigenvalue weighted by Crippen LogP contribution is -2.47. The Morgan fingerprint density at radius 1 is 1.18 bits per heavy atom. The molecule has 0 heterocycles. The number of hydrogen-bond donors (Lipinski definition) is 4. The predicted octanol–water partition coefficient (Wildman–Crippen LogP) is 2.25. The van der Waals surface area contributed by atoms with E-state index in [4.69, 9.17) is 0 Å². The fraction of sp³-hybridized carbons (Fsp3) is 0.619. The smallest absolute Gasteiger partial charge is 0.223 e. The third kappa shape index (κ3) is 6.19. The van der Waals surface area contributed by atoms with E-state index in [1.165, 1.54) is 12.1 Å². The fourth-order valence-electron chi connectivity index (χ4n) is 3.59. The Kier molecular flexibility index (Phi) is 7.25. The molecule has 3 rings (SSSR count). The molecule has 1 aromatic carbocycles. The minimum absolute atomic E-state index is 0.0551. The second-order valence-electron chi connectivity index (χ2n) is 7.77. The maximum atomic E-state index is 13.0. The van der Waals surface area contributed by atoms with Gasteiger partial charge in [0.15, 0.2) is 5.96 Å². The number of nitrogens with zero attached hydrogens (tertiary/aromatic N) is 1. The number of hydrogen-bond acceptors (Lipinski definition) is 3. The van der Waals surface area contributed by atoms with Crippen LogP contribution in [0.3, 0.4) is 0 Å². The zero-order valence-corrected chi connectivity index (χ0v) is 16.5. The highest BCUT2D eigenvalue weighted by Gasteiger charge is 2.31. The van der Waals surface area contributed by atoms with Gasteiger partial charge in [0.25, 0.3) is 0 Å². The molecule has 2 aliphatic carbocycles. The van der Waals surface area contributed by atoms with E-state index in [-0.39, 0.29) is 30.2 Å². The molecule has 6 nitrogen and oxygen atoms in total. The molecule has 1 amide bonds. The highest BCUT2D eigenvalue weighted by atomic mass is 19.1. The molecule has 0 radical (unpaired) electrons. The number of aliphatic hydroxyl groups excluding tert-OH is 1. The number of benzene rings is 1. The van der Waals surface area contributed by atoms with Crippen molar-refractivity contribution in [2.24, 2.45) is 10.9 Å². The van der Waals surface area contributed by atoms with Gasteiger partial charge in [0.2, 0.25) is 5.91 Å². The van der Waals surface area contributed by atoms with Gasteiger partial charge in [-0.05, 0) is 56.7 Å². The Bertz CT molecular complexity index is 675. The predicted molar refractivity (Wildman–Crippen MR) is 107 cm³/mol. The molecule has 3 unspecified atom stereocenters. The van der Waals surface area contributed by atoms with Gasteiger partial charge in [-0.2, -0.15) is 0 Å². The van der Waals surface area contributed by atoms with Crippen LogP contribution in [0.4, 0.5) is 4.39 Å². The van der Waals surface area contributed by atoms with Crippen molar-refractivity contribution < 1.29 is 14.3 Å². The summed E-state index contributed by atoms with van der Waals surface area (Å²) in [5, 5.41) is 20.0. The van der Waals surface area contributed by atoms with E-state index in [2.05, 4.69) is 20.9 Å². The van der Waals surface area contributed by atoms with Crippen LogP contribution in [0.5, 0.6) is 0 Å². The van der Waals surface area contributed by atoms with Gasteiger partial charge in [-0.15, -0.1) is 0 Å². The van der Waals surface area contributed by atoms with E-state index >= 15 is 0 Å². The molecule has 2 fully saturated rings. The van der Waals surface area contributed by atoms with Crippen LogP contribution in [-0.2, 0) is 4.79 Å². The highest BCUT2D eigenvalue weighted by Crippen LogP contribution is 2.26. The van der Waals surface area contributed by atoms with Crippen LogP contribution in [0.1, 0.15) is 57.1 Å². The average Bonchev–Trinajstić information content (AvgIpc) is 3.51. The lowest BCUT2D eigenvalue weighted by Gasteiger charge is -2.30. The van der Waals surface area contributed by atoms with Gasteiger partial charge in [0.1, 0.15) is 5.82 Å². The number of carbonyl (C=O) groups excluding carboxylic acids is 1. The maximum absolute atomic E-state index is 13.0. The molecule has 0 aliphatic heterocycles. The van der Waals surface area contributed by atoms with Gasteiger partial charge in [-0.3, -0.25) is 9.79 Å². The number of amides is 1. The number of halogens is 1. The van der Waals surface area contributed by atoms with Crippen molar-refractivity contribution in [3.63, 3.8) is 0 Å². The molecule has 28 heavy (non-hydrogen) atoms. The molecule has 0 saturated heterocycles. The Morgan fingerprint density at radius 2 is 1.93 bits per heavy atom. The standard InChI is InChI=1S/C21H31FN4O2/c1-2-23-21(24-13-19(27)14-6-8-16(22)9-7-14)26-18-5-3-4-15(12-18)20(28)25-17-10-11-17/h6-9,15,17-19,27H,2-5,10-13H2,1H3,(H,25,28)(H2,23,24,26). The van der Waals surface area contributed by atoms with E-state index in [9.17, 15) is 14.3 Å². The van der Waals surface area contributed by atoms with Crippen molar-refractivity contribution in [2.45, 2.75) is 63.6 Å². The SMILES string of the molecule is CCNC(=NCC(O)c1ccc(F)cc1)NC1CCCC(C(=O)NC2CC2)C1.